The van der Waals surface area contributed by atoms with Gasteiger partial charge in [0.2, 0.25) is 0 Å². The maximum atomic E-state index is 14.0. The Morgan fingerprint density at radius 2 is 1.77 bits per heavy atom. The van der Waals surface area contributed by atoms with E-state index in [0.29, 0.717) is 28.0 Å². The summed E-state index contributed by atoms with van der Waals surface area (Å²) in [5.41, 5.74) is 1.95. The van der Waals surface area contributed by atoms with Gasteiger partial charge in [0.05, 0.1) is 12.1 Å². The van der Waals surface area contributed by atoms with Crippen LogP contribution in [0.4, 0.5) is 8.78 Å². The lowest BCUT2D eigenvalue weighted by Crippen LogP contribution is -2.10. The average Bonchev–Trinajstić information content (AvgIpc) is 3.17. The zero-order valence-electron chi connectivity index (χ0n) is 13.4. The van der Waals surface area contributed by atoms with Gasteiger partial charge < -0.3 is 14.1 Å². The van der Waals surface area contributed by atoms with Gasteiger partial charge in [0.15, 0.2) is 5.58 Å². The van der Waals surface area contributed by atoms with E-state index in [1.54, 1.807) is 36.4 Å². The minimum absolute atomic E-state index is 0.00709. The number of aromatic carboxylic acids is 1. The van der Waals surface area contributed by atoms with E-state index in [-0.39, 0.29) is 18.1 Å². The molecule has 2 heterocycles. The third kappa shape index (κ3) is 2.75. The summed E-state index contributed by atoms with van der Waals surface area (Å²) in [5.74, 6) is -1.42. The molecule has 0 aliphatic rings. The van der Waals surface area contributed by atoms with Gasteiger partial charge in [-0.05, 0) is 30.3 Å². The van der Waals surface area contributed by atoms with Crippen LogP contribution in [0.25, 0.3) is 22.4 Å². The normalized spacial score (nSPS) is 11.2. The molecule has 0 radical (unpaired) electrons. The van der Waals surface area contributed by atoms with Crippen LogP contribution in [0.3, 0.4) is 0 Å². The molecule has 0 amide bonds. The molecule has 4 rings (SSSR count). The maximum absolute atomic E-state index is 14.0. The number of carboxylic acid groups (broad SMARTS) is 1. The smallest absolute Gasteiger partial charge is 0.352 e. The Balaban J connectivity index is 1.83. The fraction of sp³-hybridized carbons (Fsp3) is 0.0500. The number of nitrogens with zero attached hydrogens (tertiary/aromatic N) is 1. The van der Waals surface area contributed by atoms with Crippen LogP contribution in [0.15, 0.2) is 65.1 Å². The first kappa shape index (κ1) is 16.1. The molecular formula is C20H13F2NO3. The van der Waals surface area contributed by atoms with E-state index >= 15 is 0 Å². The van der Waals surface area contributed by atoms with Gasteiger partial charge in [-0.2, -0.15) is 0 Å². The van der Waals surface area contributed by atoms with Gasteiger partial charge in [-0.1, -0.05) is 18.2 Å². The average molecular weight is 353 g/mol. The lowest BCUT2D eigenvalue weighted by atomic mass is 10.1. The first-order valence-corrected chi connectivity index (χ1v) is 7.88. The summed E-state index contributed by atoms with van der Waals surface area (Å²) in [4.78, 5) is 11.6. The predicted molar refractivity (Wildman–Crippen MR) is 92.1 cm³/mol. The van der Waals surface area contributed by atoms with E-state index in [0.717, 1.165) is 0 Å². The number of carboxylic acids is 1. The highest BCUT2D eigenvalue weighted by atomic mass is 19.1. The Labute approximate surface area is 146 Å². The van der Waals surface area contributed by atoms with E-state index in [1.807, 2.05) is 0 Å². The second kappa shape index (κ2) is 6.15. The zero-order valence-corrected chi connectivity index (χ0v) is 13.4. The van der Waals surface area contributed by atoms with E-state index in [4.69, 9.17) is 4.42 Å². The van der Waals surface area contributed by atoms with Gasteiger partial charge in [0.1, 0.15) is 23.1 Å². The monoisotopic (exact) mass is 353 g/mol. The Morgan fingerprint density at radius 3 is 2.46 bits per heavy atom. The van der Waals surface area contributed by atoms with E-state index in [2.05, 4.69) is 0 Å². The van der Waals surface area contributed by atoms with Crippen molar-refractivity contribution in [2.24, 2.45) is 0 Å². The minimum Gasteiger partial charge on any atom is -0.477 e. The molecule has 0 fully saturated rings. The topological polar surface area (TPSA) is 55.4 Å². The van der Waals surface area contributed by atoms with E-state index in [1.165, 1.54) is 28.8 Å². The van der Waals surface area contributed by atoms with Gasteiger partial charge in [-0.15, -0.1) is 0 Å². The SMILES string of the molecule is O=C(O)c1cc2oc(-c3ccc(F)cc3)cc2n1Cc1ccccc1F. The van der Waals surface area contributed by atoms with Gasteiger partial charge in [-0.3, -0.25) is 0 Å². The zero-order chi connectivity index (χ0) is 18.3. The van der Waals surface area contributed by atoms with Crippen LogP contribution in [-0.2, 0) is 6.54 Å². The molecule has 4 nitrogen and oxygen atoms in total. The molecule has 26 heavy (non-hydrogen) atoms. The number of rotatable bonds is 4. The second-order valence-electron chi connectivity index (χ2n) is 5.88. The molecule has 1 N–H and O–H groups in total. The van der Waals surface area contributed by atoms with Crippen molar-refractivity contribution < 1.29 is 23.1 Å². The molecule has 0 saturated carbocycles. The Morgan fingerprint density at radius 1 is 1.04 bits per heavy atom. The highest BCUT2D eigenvalue weighted by Gasteiger charge is 2.20. The maximum Gasteiger partial charge on any atom is 0.352 e. The minimum atomic E-state index is -1.13. The molecule has 0 unspecified atom stereocenters. The second-order valence-corrected chi connectivity index (χ2v) is 5.88. The summed E-state index contributed by atoms with van der Waals surface area (Å²) in [6.45, 7) is 0.0558. The molecule has 0 atom stereocenters. The third-order valence-corrected chi connectivity index (χ3v) is 4.22. The molecule has 0 aliphatic heterocycles. The van der Waals surface area contributed by atoms with Crippen molar-refractivity contribution in [3.05, 3.63) is 83.6 Å². The molecule has 4 aromatic rings. The van der Waals surface area contributed by atoms with Gasteiger partial charge in [-0.25, -0.2) is 13.6 Å². The Bertz CT molecular complexity index is 1110. The number of benzene rings is 2. The van der Waals surface area contributed by atoms with Crippen molar-refractivity contribution in [1.29, 1.82) is 0 Å². The van der Waals surface area contributed by atoms with Gasteiger partial charge >= 0.3 is 5.97 Å². The van der Waals surface area contributed by atoms with Crippen molar-refractivity contribution in [2.75, 3.05) is 0 Å². The standard InChI is InChI=1S/C20H13F2NO3/c21-14-7-5-12(6-8-14)18-9-16-19(26-18)10-17(20(24)25)23(16)11-13-3-1-2-4-15(13)22/h1-10H,11H2,(H,24,25). The number of carbonyl (C=O) groups is 1. The van der Waals surface area contributed by atoms with Crippen LogP contribution in [0.1, 0.15) is 16.1 Å². The summed E-state index contributed by atoms with van der Waals surface area (Å²) in [6.07, 6.45) is 0. The fourth-order valence-electron chi connectivity index (χ4n) is 2.94. The number of hydrogen-bond acceptors (Lipinski definition) is 2. The van der Waals surface area contributed by atoms with Crippen molar-refractivity contribution in [1.82, 2.24) is 4.57 Å². The molecule has 2 aromatic carbocycles. The van der Waals surface area contributed by atoms with Crippen LogP contribution in [0.5, 0.6) is 0 Å². The summed E-state index contributed by atoms with van der Waals surface area (Å²) >= 11 is 0. The summed E-state index contributed by atoms with van der Waals surface area (Å²) in [7, 11) is 0. The van der Waals surface area contributed by atoms with Crippen LogP contribution in [0.2, 0.25) is 0 Å². The molecule has 0 bridgehead atoms. The van der Waals surface area contributed by atoms with Crippen LogP contribution in [0, 0.1) is 11.6 Å². The highest BCUT2D eigenvalue weighted by molar-refractivity contribution is 5.94. The van der Waals surface area contributed by atoms with Gasteiger partial charge in [0.25, 0.3) is 0 Å². The Kier molecular flexibility index (Phi) is 3.80. The van der Waals surface area contributed by atoms with Crippen molar-refractivity contribution in [3.8, 4) is 11.3 Å². The van der Waals surface area contributed by atoms with Gasteiger partial charge in [0, 0.05) is 23.3 Å². The van der Waals surface area contributed by atoms with Crippen LogP contribution in [-0.4, -0.2) is 15.6 Å². The summed E-state index contributed by atoms with van der Waals surface area (Å²) in [5, 5.41) is 9.45. The predicted octanol–water partition coefficient (Wildman–Crippen LogP) is 4.93. The number of aromatic nitrogens is 1. The Hall–Kier alpha value is -3.41. The summed E-state index contributed by atoms with van der Waals surface area (Å²) in [6, 6.07) is 15.1. The molecule has 0 saturated heterocycles. The molecule has 130 valence electrons. The molecule has 6 heteroatoms. The number of halogens is 2. The highest BCUT2D eigenvalue weighted by Crippen LogP contribution is 2.31. The molecular weight excluding hydrogens is 340 g/mol. The van der Waals surface area contributed by atoms with Crippen molar-refractivity contribution >= 4 is 17.1 Å². The number of hydrogen-bond donors (Lipinski definition) is 1. The lowest BCUT2D eigenvalue weighted by molar-refractivity contribution is 0.0686. The van der Waals surface area contributed by atoms with Crippen LogP contribution >= 0.6 is 0 Å². The fourth-order valence-corrected chi connectivity index (χ4v) is 2.94. The summed E-state index contributed by atoms with van der Waals surface area (Å²) < 4.78 is 34.3. The van der Waals surface area contributed by atoms with Crippen molar-refractivity contribution in [3.63, 3.8) is 0 Å². The molecule has 0 spiro atoms. The molecule has 0 aliphatic carbocycles. The number of furan rings is 1. The third-order valence-electron chi connectivity index (χ3n) is 4.22. The molecule has 2 aromatic heterocycles. The van der Waals surface area contributed by atoms with E-state index < -0.39 is 11.8 Å². The first-order chi connectivity index (χ1) is 12.5. The van der Waals surface area contributed by atoms with E-state index in [9.17, 15) is 18.7 Å². The lowest BCUT2D eigenvalue weighted by Gasteiger charge is -2.08. The first-order valence-electron chi connectivity index (χ1n) is 7.88. The quantitative estimate of drug-likeness (QED) is 0.566. The number of fused-ring (bicyclic) bond motifs is 1. The van der Waals surface area contributed by atoms with Crippen LogP contribution < -0.4 is 0 Å². The van der Waals surface area contributed by atoms with Crippen molar-refractivity contribution in [2.45, 2.75) is 6.54 Å². The largest absolute Gasteiger partial charge is 0.477 e.